The summed E-state index contributed by atoms with van der Waals surface area (Å²) in [5.41, 5.74) is 4.40. The number of esters is 1. The summed E-state index contributed by atoms with van der Waals surface area (Å²) in [7, 11) is 0. The van der Waals surface area contributed by atoms with Gasteiger partial charge < -0.3 is 19.5 Å². The van der Waals surface area contributed by atoms with Crippen LogP contribution in [-0.2, 0) is 9.53 Å². The molecule has 2 heterocycles. The summed E-state index contributed by atoms with van der Waals surface area (Å²) < 4.78 is 7.12. The molecule has 1 atom stereocenters. The lowest BCUT2D eigenvalue weighted by molar-refractivity contribution is -0.119. The van der Waals surface area contributed by atoms with Crippen molar-refractivity contribution in [1.29, 1.82) is 0 Å². The van der Waals surface area contributed by atoms with E-state index < -0.39 is 12.0 Å². The molecule has 6 rings (SSSR count). The Morgan fingerprint density at radius 2 is 1.71 bits per heavy atom. The molecule has 1 aromatic heterocycles. The third kappa shape index (κ3) is 5.30. The van der Waals surface area contributed by atoms with E-state index in [0.717, 1.165) is 35.5 Å². The number of anilines is 2. The van der Waals surface area contributed by atoms with E-state index in [4.69, 9.17) is 16.3 Å². The molecule has 0 bridgehead atoms. The van der Waals surface area contributed by atoms with Crippen molar-refractivity contribution in [3.63, 3.8) is 0 Å². The molecule has 0 saturated heterocycles. The highest BCUT2D eigenvalue weighted by Crippen LogP contribution is 2.43. The normalized spacial score (nSPS) is 15.5. The number of aromatic nitrogens is 1. The molecule has 1 saturated carbocycles. The predicted octanol–water partition coefficient (Wildman–Crippen LogP) is 6.44. The summed E-state index contributed by atoms with van der Waals surface area (Å²) in [5.74, 6) is -0.618. The maximum Gasteiger partial charge on any atom is 0.338 e. The highest BCUT2D eigenvalue weighted by Gasteiger charge is 2.40. The minimum Gasteiger partial charge on any atom is -0.462 e. The van der Waals surface area contributed by atoms with Crippen LogP contribution < -0.4 is 10.2 Å². The lowest BCUT2D eigenvalue weighted by Gasteiger charge is -2.39. The number of hydrogen-bond acceptors (Lipinski definition) is 4. The van der Waals surface area contributed by atoms with Crippen molar-refractivity contribution < 1.29 is 19.1 Å². The van der Waals surface area contributed by atoms with E-state index in [1.54, 1.807) is 41.0 Å². The van der Waals surface area contributed by atoms with Crippen molar-refractivity contribution in [3.8, 4) is 5.69 Å². The highest BCUT2D eigenvalue weighted by molar-refractivity contribution is 6.30. The molecular weight excluding hydrogens is 540 g/mol. The van der Waals surface area contributed by atoms with E-state index in [1.165, 1.54) is 0 Å². The highest BCUT2D eigenvalue weighted by atomic mass is 35.5. The molecule has 1 aliphatic carbocycles. The fourth-order valence-electron chi connectivity index (χ4n) is 5.33. The number of halogens is 1. The second-order valence-corrected chi connectivity index (χ2v) is 10.5. The van der Waals surface area contributed by atoms with Gasteiger partial charge in [-0.05, 0) is 86.0 Å². The van der Waals surface area contributed by atoms with E-state index in [9.17, 15) is 14.4 Å². The Balaban J connectivity index is 1.29. The van der Waals surface area contributed by atoms with Crippen LogP contribution in [0.5, 0.6) is 0 Å². The van der Waals surface area contributed by atoms with Crippen LogP contribution in [-0.4, -0.2) is 46.6 Å². The second-order valence-electron chi connectivity index (χ2n) is 10.1. The molecule has 1 aliphatic heterocycles. The van der Waals surface area contributed by atoms with Crippen LogP contribution in [0.25, 0.3) is 5.69 Å². The van der Waals surface area contributed by atoms with Crippen LogP contribution in [0.15, 0.2) is 91.1 Å². The summed E-state index contributed by atoms with van der Waals surface area (Å²) in [5, 5.41) is 3.48. The van der Waals surface area contributed by atoms with Gasteiger partial charge in [0.05, 0.1) is 29.2 Å². The summed E-state index contributed by atoms with van der Waals surface area (Å²) in [6, 6.07) is 25.0. The SMILES string of the molecule is CCOC(=O)c1ccc(NC(=O)N(CC(=O)N2c3ccccc3-n3cccc3C2c2cccc(Cl)c2)C2CC2)cc1. The first-order valence-corrected chi connectivity index (χ1v) is 14.0. The Labute approximate surface area is 243 Å². The molecule has 2 aliphatic rings. The molecule has 3 aromatic carbocycles. The number of amides is 3. The Hall–Kier alpha value is -4.56. The van der Waals surface area contributed by atoms with Gasteiger partial charge in [0, 0.05) is 22.9 Å². The number of nitrogens with one attached hydrogen (secondary N) is 1. The lowest BCUT2D eigenvalue weighted by Crippen LogP contribution is -2.48. The first kappa shape index (κ1) is 26.7. The van der Waals surface area contributed by atoms with Crippen LogP contribution in [0.2, 0.25) is 5.02 Å². The smallest absolute Gasteiger partial charge is 0.338 e. The van der Waals surface area contributed by atoms with Gasteiger partial charge in [-0.3, -0.25) is 9.69 Å². The molecular formula is C32H29ClN4O4. The van der Waals surface area contributed by atoms with Crippen LogP contribution in [0, 0.1) is 0 Å². The molecule has 1 N–H and O–H groups in total. The third-order valence-electron chi connectivity index (χ3n) is 7.35. The molecule has 3 amide bonds. The zero-order valence-corrected chi connectivity index (χ0v) is 23.3. The molecule has 9 heteroatoms. The maximum atomic E-state index is 14.3. The van der Waals surface area contributed by atoms with E-state index in [1.807, 2.05) is 66.9 Å². The van der Waals surface area contributed by atoms with Crippen molar-refractivity contribution in [2.45, 2.75) is 31.8 Å². The van der Waals surface area contributed by atoms with Gasteiger partial charge in [0.25, 0.3) is 0 Å². The van der Waals surface area contributed by atoms with Gasteiger partial charge >= 0.3 is 12.0 Å². The molecule has 208 valence electrons. The molecule has 0 radical (unpaired) electrons. The predicted molar refractivity (Wildman–Crippen MR) is 158 cm³/mol. The van der Waals surface area contributed by atoms with Gasteiger partial charge in [0.15, 0.2) is 0 Å². The van der Waals surface area contributed by atoms with Gasteiger partial charge in [-0.1, -0.05) is 35.9 Å². The zero-order chi connectivity index (χ0) is 28.5. The quantitative estimate of drug-likeness (QED) is 0.260. The number of urea groups is 1. The van der Waals surface area contributed by atoms with Gasteiger partial charge in [0.1, 0.15) is 12.6 Å². The molecule has 4 aromatic rings. The topological polar surface area (TPSA) is 83.9 Å². The minimum absolute atomic E-state index is 0.0220. The van der Waals surface area contributed by atoms with Crippen LogP contribution >= 0.6 is 11.6 Å². The number of benzene rings is 3. The number of rotatable bonds is 7. The van der Waals surface area contributed by atoms with Gasteiger partial charge in [0.2, 0.25) is 5.91 Å². The number of carbonyl (C=O) groups is 3. The van der Waals surface area contributed by atoms with Crippen molar-refractivity contribution in [2.75, 3.05) is 23.4 Å². The Morgan fingerprint density at radius 1 is 0.951 bits per heavy atom. The standard InChI is InChI=1S/C32H29ClN4O4/c1-2-41-31(39)21-12-14-24(15-13-21)34-32(40)36(25-16-17-25)20-29(38)37-27-10-4-3-9-26(27)35-18-6-11-28(35)30(37)22-7-5-8-23(33)19-22/h3-15,18-19,25,30H,2,16-17,20H2,1H3,(H,34,40). The average Bonchev–Trinajstić information content (AvgIpc) is 3.70. The fourth-order valence-corrected chi connectivity index (χ4v) is 5.53. The maximum absolute atomic E-state index is 14.3. The number of hydrogen-bond donors (Lipinski definition) is 1. The summed E-state index contributed by atoms with van der Waals surface area (Å²) in [4.78, 5) is 43.1. The van der Waals surface area contributed by atoms with Gasteiger partial charge in [-0.15, -0.1) is 0 Å². The first-order valence-electron chi connectivity index (χ1n) is 13.6. The summed E-state index contributed by atoms with van der Waals surface area (Å²) >= 11 is 6.39. The van der Waals surface area contributed by atoms with E-state index in [2.05, 4.69) is 9.88 Å². The number of fused-ring (bicyclic) bond motifs is 3. The number of nitrogens with zero attached hydrogens (tertiary/aromatic N) is 3. The molecule has 0 spiro atoms. The number of para-hydroxylation sites is 2. The van der Waals surface area contributed by atoms with Crippen molar-refractivity contribution in [3.05, 3.63) is 113 Å². The Kier molecular flexibility index (Phi) is 7.24. The number of ether oxygens (including phenoxy) is 1. The molecule has 41 heavy (non-hydrogen) atoms. The van der Waals surface area contributed by atoms with Crippen LogP contribution in [0.1, 0.15) is 47.4 Å². The summed E-state index contributed by atoms with van der Waals surface area (Å²) in [6.45, 7) is 1.94. The molecule has 1 fully saturated rings. The number of carbonyl (C=O) groups excluding carboxylic acids is 3. The third-order valence-corrected chi connectivity index (χ3v) is 7.59. The van der Waals surface area contributed by atoms with Gasteiger partial charge in [-0.2, -0.15) is 0 Å². The van der Waals surface area contributed by atoms with Gasteiger partial charge in [-0.25, -0.2) is 9.59 Å². The van der Waals surface area contributed by atoms with Crippen LogP contribution in [0.4, 0.5) is 16.2 Å². The van der Waals surface area contributed by atoms with Crippen LogP contribution in [0.3, 0.4) is 0 Å². The monoisotopic (exact) mass is 568 g/mol. The minimum atomic E-state index is -0.425. The first-order chi connectivity index (χ1) is 19.9. The zero-order valence-electron chi connectivity index (χ0n) is 22.5. The van der Waals surface area contributed by atoms with Crippen molar-refractivity contribution in [2.24, 2.45) is 0 Å². The largest absolute Gasteiger partial charge is 0.462 e. The molecule has 8 nitrogen and oxygen atoms in total. The van der Waals surface area contributed by atoms with Crippen molar-refractivity contribution >= 4 is 40.9 Å². The fraction of sp³-hybridized carbons (Fsp3) is 0.219. The Morgan fingerprint density at radius 3 is 2.41 bits per heavy atom. The summed E-state index contributed by atoms with van der Waals surface area (Å²) in [6.07, 6.45) is 3.66. The average molecular weight is 569 g/mol. The van der Waals surface area contributed by atoms with Crippen molar-refractivity contribution in [1.82, 2.24) is 9.47 Å². The lowest BCUT2D eigenvalue weighted by atomic mass is 9.97. The molecule has 1 unspecified atom stereocenters. The van der Waals surface area contributed by atoms with E-state index in [-0.39, 0.29) is 31.1 Å². The Bertz CT molecular complexity index is 1610. The van der Waals surface area contributed by atoms with E-state index in [0.29, 0.717) is 16.3 Å². The van der Waals surface area contributed by atoms with E-state index >= 15 is 0 Å². The second kappa shape index (κ2) is 11.1.